The van der Waals surface area contributed by atoms with E-state index in [1.165, 1.54) is 16.7 Å². The van der Waals surface area contributed by atoms with Crippen LogP contribution in [0.1, 0.15) is 20.3 Å². The fourth-order valence-corrected chi connectivity index (χ4v) is 4.05. The first kappa shape index (κ1) is 26.1. The van der Waals surface area contributed by atoms with E-state index in [-0.39, 0.29) is 12.5 Å². The Bertz CT molecular complexity index is 1080. The molecule has 1 aliphatic heterocycles. The van der Waals surface area contributed by atoms with E-state index in [0.29, 0.717) is 29.3 Å². The van der Waals surface area contributed by atoms with E-state index in [2.05, 4.69) is 10.6 Å². The van der Waals surface area contributed by atoms with Crippen LogP contribution in [-0.2, 0) is 23.9 Å². The number of benzene rings is 2. The van der Waals surface area contributed by atoms with E-state index in [4.69, 9.17) is 9.47 Å². The van der Waals surface area contributed by atoms with Crippen molar-refractivity contribution in [1.82, 2.24) is 5.32 Å². The number of thioether (sulfide) groups is 1. The zero-order chi connectivity index (χ0) is 25.4. The molecule has 0 saturated carbocycles. The number of carbonyl (C=O) groups is 4. The Kier molecular flexibility index (Phi) is 8.75. The molecule has 3 rings (SSSR count). The summed E-state index contributed by atoms with van der Waals surface area (Å²) in [5.74, 6) is -0.975. The zero-order valence-corrected chi connectivity index (χ0v) is 20.7. The third-order valence-electron chi connectivity index (χ3n) is 5.44. The number of rotatable bonds is 10. The van der Waals surface area contributed by atoms with Gasteiger partial charge in [-0.15, -0.1) is 0 Å². The SMILES string of the molecule is CSCC[C@@H](NC(=O)COc1ccccc1)C(=O)OCC(=O)N1c2ccccc2NC(=O)C1(C)C. The van der Waals surface area contributed by atoms with Crippen LogP contribution in [-0.4, -0.2) is 60.5 Å². The van der Waals surface area contributed by atoms with Crippen LogP contribution >= 0.6 is 11.8 Å². The second kappa shape index (κ2) is 11.7. The minimum absolute atomic E-state index is 0.264. The van der Waals surface area contributed by atoms with E-state index < -0.39 is 36.0 Å². The van der Waals surface area contributed by atoms with Gasteiger partial charge >= 0.3 is 5.97 Å². The van der Waals surface area contributed by atoms with Gasteiger partial charge in [0, 0.05) is 0 Å². The molecule has 0 radical (unpaired) electrons. The molecule has 0 fully saturated rings. The van der Waals surface area contributed by atoms with Crippen molar-refractivity contribution in [2.75, 3.05) is 35.4 Å². The van der Waals surface area contributed by atoms with Crippen molar-refractivity contribution in [2.45, 2.75) is 31.8 Å². The molecule has 35 heavy (non-hydrogen) atoms. The highest BCUT2D eigenvalue weighted by molar-refractivity contribution is 7.98. The maximum Gasteiger partial charge on any atom is 0.329 e. The van der Waals surface area contributed by atoms with Crippen molar-refractivity contribution in [2.24, 2.45) is 0 Å². The Morgan fingerprint density at radius 1 is 1.06 bits per heavy atom. The number of anilines is 2. The second-order valence-electron chi connectivity index (χ2n) is 8.37. The average Bonchev–Trinajstić information content (AvgIpc) is 2.85. The lowest BCUT2D eigenvalue weighted by atomic mass is 9.96. The Morgan fingerprint density at radius 3 is 2.46 bits per heavy atom. The summed E-state index contributed by atoms with van der Waals surface area (Å²) in [6.07, 6.45) is 2.21. The van der Waals surface area contributed by atoms with Gasteiger partial charge < -0.3 is 20.1 Å². The van der Waals surface area contributed by atoms with Crippen LogP contribution in [0.4, 0.5) is 11.4 Å². The Balaban J connectivity index is 1.62. The van der Waals surface area contributed by atoms with Crippen molar-refractivity contribution in [3.05, 3.63) is 54.6 Å². The molecule has 0 unspecified atom stereocenters. The van der Waals surface area contributed by atoms with Crippen LogP contribution in [0.15, 0.2) is 54.6 Å². The molecule has 1 atom stereocenters. The highest BCUT2D eigenvalue weighted by Crippen LogP contribution is 2.36. The van der Waals surface area contributed by atoms with E-state index in [1.807, 2.05) is 12.3 Å². The van der Waals surface area contributed by atoms with Crippen LogP contribution in [0.5, 0.6) is 5.75 Å². The second-order valence-corrected chi connectivity index (χ2v) is 9.36. The van der Waals surface area contributed by atoms with Crippen LogP contribution in [0.2, 0.25) is 0 Å². The number of esters is 1. The molecule has 186 valence electrons. The topological polar surface area (TPSA) is 114 Å². The average molecular weight is 500 g/mol. The van der Waals surface area contributed by atoms with Crippen molar-refractivity contribution < 1.29 is 28.7 Å². The number of nitrogens with one attached hydrogen (secondary N) is 2. The largest absolute Gasteiger partial charge is 0.484 e. The maximum absolute atomic E-state index is 13.1. The summed E-state index contributed by atoms with van der Waals surface area (Å²) < 4.78 is 10.7. The van der Waals surface area contributed by atoms with Gasteiger partial charge in [0.2, 0.25) is 5.91 Å². The maximum atomic E-state index is 13.1. The van der Waals surface area contributed by atoms with Gasteiger partial charge in [0.05, 0.1) is 11.4 Å². The molecule has 2 aromatic carbocycles. The number of hydrogen-bond donors (Lipinski definition) is 2. The number of ether oxygens (including phenoxy) is 2. The van der Waals surface area contributed by atoms with E-state index in [0.717, 1.165) is 0 Å². The third-order valence-corrected chi connectivity index (χ3v) is 6.08. The van der Waals surface area contributed by atoms with Gasteiger partial charge in [-0.1, -0.05) is 30.3 Å². The molecule has 2 aromatic rings. The number of hydrogen-bond acceptors (Lipinski definition) is 7. The lowest BCUT2D eigenvalue weighted by Gasteiger charge is -2.41. The number of fused-ring (bicyclic) bond motifs is 1. The van der Waals surface area contributed by atoms with Gasteiger partial charge in [-0.25, -0.2) is 4.79 Å². The Labute approximate surface area is 208 Å². The first-order valence-electron chi connectivity index (χ1n) is 11.1. The predicted octanol–water partition coefficient (Wildman–Crippen LogP) is 2.61. The van der Waals surface area contributed by atoms with Crippen LogP contribution in [0.25, 0.3) is 0 Å². The van der Waals surface area contributed by atoms with E-state index in [9.17, 15) is 19.2 Å². The number of amides is 3. The minimum atomic E-state index is -1.18. The lowest BCUT2D eigenvalue weighted by molar-refractivity contribution is -0.151. The lowest BCUT2D eigenvalue weighted by Crippen LogP contribution is -2.59. The summed E-state index contributed by atoms with van der Waals surface area (Å²) in [5, 5.41) is 5.41. The first-order valence-corrected chi connectivity index (χ1v) is 12.5. The van der Waals surface area contributed by atoms with Crippen molar-refractivity contribution >= 4 is 46.8 Å². The van der Waals surface area contributed by atoms with Gasteiger partial charge in [-0.2, -0.15) is 11.8 Å². The van der Waals surface area contributed by atoms with E-state index >= 15 is 0 Å². The van der Waals surface area contributed by atoms with Gasteiger partial charge in [0.15, 0.2) is 13.2 Å². The molecule has 0 aromatic heterocycles. The fraction of sp³-hybridized carbons (Fsp3) is 0.360. The molecule has 0 bridgehead atoms. The molecule has 1 aliphatic rings. The number of para-hydroxylation sites is 3. The van der Waals surface area contributed by atoms with Gasteiger partial charge in [0.25, 0.3) is 11.8 Å². The molecule has 2 N–H and O–H groups in total. The number of carbonyl (C=O) groups excluding carboxylic acids is 4. The minimum Gasteiger partial charge on any atom is -0.484 e. The summed E-state index contributed by atoms with van der Waals surface area (Å²) in [5.41, 5.74) is -0.164. The van der Waals surface area contributed by atoms with Crippen molar-refractivity contribution in [3.63, 3.8) is 0 Å². The molecular formula is C25H29N3O6S. The molecule has 0 aliphatic carbocycles. The summed E-state index contributed by atoms with van der Waals surface area (Å²) in [6, 6.07) is 14.8. The Hall–Kier alpha value is -3.53. The monoisotopic (exact) mass is 499 g/mol. The van der Waals surface area contributed by atoms with Crippen LogP contribution < -0.4 is 20.3 Å². The number of nitrogens with zero attached hydrogens (tertiary/aromatic N) is 1. The molecule has 0 spiro atoms. The van der Waals surface area contributed by atoms with Crippen LogP contribution in [0, 0.1) is 0 Å². The molecule has 0 saturated heterocycles. The molecule has 10 heteroatoms. The van der Waals surface area contributed by atoms with Gasteiger partial charge in [-0.3, -0.25) is 19.3 Å². The summed E-state index contributed by atoms with van der Waals surface area (Å²) in [7, 11) is 0. The van der Waals surface area contributed by atoms with Gasteiger partial charge in [0.1, 0.15) is 17.3 Å². The van der Waals surface area contributed by atoms with Gasteiger partial charge in [-0.05, 0) is 56.5 Å². The third kappa shape index (κ3) is 6.54. The van der Waals surface area contributed by atoms with Crippen molar-refractivity contribution in [1.29, 1.82) is 0 Å². The van der Waals surface area contributed by atoms with E-state index in [1.54, 1.807) is 62.4 Å². The molecular weight excluding hydrogens is 470 g/mol. The first-order chi connectivity index (χ1) is 16.7. The zero-order valence-electron chi connectivity index (χ0n) is 19.9. The van der Waals surface area contributed by atoms with Crippen LogP contribution in [0.3, 0.4) is 0 Å². The standard InChI is InChI=1S/C25H29N3O6S/c1-25(2)24(32)27-18-11-7-8-12-20(18)28(25)22(30)16-34-23(31)19(13-14-35-3)26-21(29)15-33-17-9-5-4-6-10-17/h4-12,19H,13-16H2,1-3H3,(H,26,29)(H,27,32)/t19-/m1/s1. The molecule has 3 amide bonds. The summed E-state index contributed by atoms with van der Waals surface area (Å²) in [4.78, 5) is 52.2. The summed E-state index contributed by atoms with van der Waals surface area (Å²) >= 11 is 1.51. The summed E-state index contributed by atoms with van der Waals surface area (Å²) in [6.45, 7) is 2.40. The highest BCUT2D eigenvalue weighted by Gasteiger charge is 2.43. The molecule has 9 nitrogen and oxygen atoms in total. The van der Waals surface area contributed by atoms with Crippen molar-refractivity contribution in [3.8, 4) is 5.75 Å². The predicted molar refractivity (Wildman–Crippen MR) is 134 cm³/mol. The highest BCUT2D eigenvalue weighted by atomic mass is 32.2. The molecule has 1 heterocycles. The Morgan fingerprint density at radius 2 is 1.74 bits per heavy atom. The quantitative estimate of drug-likeness (QED) is 0.483. The fourth-order valence-electron chi connectivity index (χ4n) is 3.58. The normalized spacial score (nSPS) is 14.8. The smallest absolute Gasteiger partial charge is 0.329 e.